The van der Waals surface area contributed by atoms with E-state index in [0.717, 1.165) is 38.5 Å². The van der Waals surface area contributed by atoms with E-state index < -0.39 is 0 Å². The summed E-state index contributed by atoms with van der Waals surface area (Å²) in [5, 5.41) is 12.0. The van der Waals surface area contributed by atoms with Gasteiger partial charge >= 0.3 is 0 Å². The molecule has 1 fully saturated rings. The maximum absolute atomic E-state index is 8.49. The zero-order valence-corrected chi connectivity index (χ0v) is 12.5. The third-order valence-corrected chi connectivity index (χ3v) is 3.62. The topological polar surface area (TPSA) is 54.3 Å². The molecule has 2 rings (SSSR count). The van der Waals surface area contributed by atoms with Crippen molar-refractivity contribution in [3.05, 3.63) is 29.8 Å². The summed E-state index contributed by atoms with van der Waals surface area (Å²) < 4.78 is 11.1. The molecule has 1 saturated heterocycles. The van der Waals surface area contributed by atoms with Gasteiger partial charge in [0.15, 0.2) is 0 Å². The Hall–Kier alpha value is -1.57. The van der Waals surface area contributed by atoms with E-state index >= 15 is 0 Å². The van der Waals surface area contributed by atoms with E-state index in [2.05, 4.69) is 23.5 Å². The highest BCUT2D eigenvalue weighted by Crippen LogP contribution is 2.15. The molecule has 1 aliphatic rings. The molecule has 4 nitrogen and oxygen atoms in total. The molecule has 1 heterocycles. The Kier molecular flexibility index (Phi) is 7.06. The lowest BCUT2D eigenvalue weighted by Gasteiger charge is -2.22. The molecule has 0 bridgehead atoms. The Morgan fingerprint density at radius 1 is 1.43 bits per heavy atom. The molecule has 0 radical (unpaired) electrons. The summed E-state index contributed by atoms with van der Waals surface area (Å²) in [6.45, 7) is 4.26. The molecular formula is C17H24N2O2. The van der Waals surface area contributed by atoms with Crippen LogP contribution in [-0.2, 0) is 11.3 Å². The molecule has 21 heavy (non-hydrogen) atoms. The van der Waals surface area contributed by atoms with Crippen molar-refractivity contribution in [2.45, 2.75) is 32.2 Å². The number of ether oxygens (including phenoxy) is 2. The zero-order valence-electron chi connectivity index (χ0n) is 12.5. The summed E-state index contributed by atoms with van der Waals surface area (Å²) in [6.07, 6.45) is 3.76. The van der Waals surface area contributed by atoms with Crippen molar-refractivity contribution in [3.8, 4) is 11.8 Å². The predicted octanol–water partition coefficient (Wildman–Crippen LogP) is 2.89. The Morgan fingerprint density at radius 2 is 2.38 bits per heavy atom. The van der Waals surface area contributed by atoms with Gasteiger partial charge in [-0.2, -0.15) is 5.26 Å². The number of unbranched alkanes of at least 4 members (excludes halogenated alkanes) is 1. The molecular weight excluding hydrogens is 264 g/mol. The number of hydrogen-bond donors (Lipinski definition) is 1. The second-order valence-electron chi connectivity index (χ2n) is 5.47. The van der Waals surface area contributed by atoms with Crippen LogP contribution in [-0.4, -0.2) is 26.4 Å². The van der Waals surface area contributed by atoms with Crippen LogP contribution in [0.15, 0.2) is 24.3 Å². The van der Waals surface area contributed by atoms with Crippen molar-refractivity contribution in [1.29, 1.82) is 5.26 Å². The molecule has 1 atom stereocenters. The number of nitrogens with one attached hydrogen (secondary N) is 1. The highest BCUT2D eigenvalue weighted by Gasteiger charge is 2.12. The van der Waals surface area contributed by atoms with Gasteiger partial charge in [0.05, 0.1) is 19.3 Å². The van der Waals surface area contributed by atoms with Crippen LogP contribution in [0.3, 0.4) is 0 Å². The zero-order chi connectivity index (χ0) is 14.8. The molecule has 0 aliphatic carbocycles. The van der Waals surface area contributed by atoms with Gasteiger partial charge in [-0.25, -0.2) is 0 Å². The van der Waals surface area contributed by atoms with E-state index in [1.807, 2.05) is 12.1 Å². The monoisotopic (exact) mass is 288 g/mol. The first-order valence-electron chi connectivity index (χ1n) is 7.75. The fourth-order valence-electron chi connectivity index (χ4n) is 2.48. The van der Waals surface area contributed by atoms with Crippen LogP contribution in [0, 0.1) is 17.2 Å². The van der Waals surface area contributed by atoms with Crippen LogP contribution < -0.4 is 10.1 Å². The first kappa shape index (κ1) is 15.8. The SMILES string of the molecule is N#CCCCOc1cccc(CNCC2CCCOC2)c1. The summed E-state index contributed by atoms with van der Waals surface area (Å²) in [7, 11) is 0. The molecule has 0 saturated carbocycles. The molecule has 1 aromatic carbocycles. The van der Waals surface area contributed by atoms with Gasteiger partial charge in [0, 0.05) is 26.1 Å². The van der Waals surface area contributed by atoms with Crippen LogP contribution in [0.1, 0.15) is 31.2 Å². The van der Waals surface area contributed by atoms with E-state index in [1.165, 1.54) is 18.4 Å². The average Bonchev–Trinajstić information content (AvgIpc) is 2.53. The number of nitrogens with zero attached hydrogens (tertiary/aromatic N) is 1. The van der Waals surface area contributed by atoms with Gasteiger partial charge in [0.1, 0.15) is 5.75 Å². The molecule has 0 amide bonds. The number of hydrogen-bond acceptors (Lipinski definition) is 4. The van der Waals surface area contributed by atoms with Gasteiger partial charge in [-0.05, 0) is 42.9 Å². The Balaban J connectivity index is 1.69. The van der Waals surface area contributed by atoms with E-state index in [-0.39, 0.29) is 0 Å². The van der Waals surface area contributed by atoms with Crippen molar-refractivity contribution in [1.82, 2.24) is 5.32 Å². The van der Waals surface area contributed by atoms with Gasteiger partial charge in [0.2, 0.25) is 0 Å². The van der Waals surface area contributed by atoms with Crippen LogP contribution in [0.4, 0.5) is 0 Å². The second kappa shape index (κ2) is 9.38. The maximum atomic E-state index is 8.49. The van der Waals surface area contributed by atoms with Crippen molar-refractivity contribution >= 4 is 0 Å². The van der Waals surface area contributed by atoms with Gasteiger partial charge in [-0.1, -0.05) is 12.1 Å². The van der Waals surface area contributed by atoms with Crippen LogP contribution in [0.25, 0.3) is 0 Å². The van der Waals surface area contributed by atoms with Crippen molar-refractivity contribution in [2.75, 3.05) is 26.4 Å². The maximum Gasteiger partial charge on any atom is 0.119 e. The lowest BCUT2D eigenvalue weighted by molar-refractivity contribution is 0.0547. The van der Waals surface area contributed by atoms with Crippen LogP contribution >= 0.6 is 0 Å². The molecule has 0 aromatic heterocycles. The highest BCUT2D eigenvalue weighted by atomic mass is 16.5. The van der Waals surface area contributed by atoms with Gasteiger partial charge < -0.3 is 14.8 Å². The summed E-state index contributed by atoms with van der Waals surface area (Å²) in [6, 6.07) is 10.3. The van der Waals surface area contributed by atoms with E-state index in [1.54, 1.807) is 0 Å². The highest BCUT2D eigenvalue weighted by molar-refractivity contribution is 5.28. The van der Waals surface area contributed by atoms with Crippen LogP contribution in [0.5, 0.6) is 5.75 Å². The first-order valence-corrected chi connectivity index (χ1v) is 7.75. The van der Waals surface area contributed by atoms with Gasteiger partial charge in [-0.3, -0.25) is 0 Å². The van der Waals surface area contributed by atoms with E-state index in [4.69, 9.17) is 14.7 Å². The number of rotatable bonds is 8. The summed E-state index contributed by atoms with van der Waals surface area (Å²) >= 11 is 0. The van der Waals surface area contributed by atoms with Crippen molar-refractivity contribution < 1.29 is 9.47 Å². The molecule has 1 aliphatic heterocycles. The van der Waals surface area contributed by atoms with Crippen molar-refractivity contribution in [2.24, 2.45) is 5.92 Å². The first-order chi connectivity index (χ1) is 10.4. The molecule has 1 N–H and O–H groups in total. The minimum atomic E-state index is 0.546. The summed E-state index contributed by atoms with van der Waals surface area (Å²) in [5.74, 6) is 1.53. The summed E-state index contributed by atoms with van der Waals surface area (Å²) in [4.78, 5) is 0. The fourth-order valence-corrected chi connectivity index (χ4v) is 2.48. The average molecular weight is 288 g/mol. The van der Waals surface area contributed by atoms with Crippen LogP contribution in [0.2, 0.25) is 0 Å². The van der Waals surface area contributed by atoms with Gasteiger partial charge in [-0.15, -0.1) is 0 Å². The molecule has 4 heteroatoms. The lowest BCUT2D eigenvalue weighted by atomic mass is 10.0. The normalized spacial score (nSPS) is 18.1. The largest absolute Gasteiger partial charge is 0.494 e. The van der Waals surface area contributed by atoms with E-state index in [0.29, 0.717) is 18.9 Å². The number of benzene rings is 1. The second-order valence-corrected chi connectivity index (χ2v) is 5.47. The number of nitriles is 1. The molecule has 1 aromatic rings. The lowest BCUT2D eigenvalue weighted by Crippen LogP contribution is -2.28. The van der Waals surface area contributed by atoms with Gasteiger partial charge in [0.25, 0.3) is 0 Å². The van der Waals surface area contributed by atoms with E-state index in [9.17, 15) is 0 Å². The minimum absolute atomic E-state index is 0.546. The third-order valence-electron chi connectivity index (χ3n) is 3.62. The minimum Gasteiger partial charge on any atom is -0.494 e. The fraction of sp³-hybridized carbons (Fsp3) is 0.588. The molecule has 0 spiro atoms. The third kappa shape index (κ3) is 6.16. The molecule has 114 valence electrons. The smallest absolute Gasteiger partial charge is 0.119 e. The molecule has 1 unspecified atom stereocenters. The quantitative estimate of drug-likeness (QED) is 0.747. The van der Waals surface area contributed by atoms with Crippen molar-refractivity contribution in [3.63, 3.8) is 0 Å². The predicted molar refractivity (Wildman–Crippen MR) is 82.0 cm³/mol. The summed E-state index contributed by atoms with van der Waals surface area (Å²) in [5.41, 5.74) is 1.23. The Morgan fingerprint density at radius 3 is 3.19 bits per heavy atom. The Bertz CT molecular complexity index is 450. The standard InChI is InChI=1S/C17H24N2O2/c18-8-1-2-10-21-17-7-3-5-15(11-17)12-19-13-16-6-4-9-20-14-16/h3,5,7,11,16,19H,1-2,4,6,9-10,12-14H2. The Labute approximate surface area is 127 Å².